The molecule has 0 aliphatic rings. The van der Waals surface area contributed by atoms with Crippen LogP contribution in [-0.2, 0) is 16.0 Å². The summed E-state index contributed by atoms with van der Waals surface area (Å²) in [6, 6.07) is 5.94. The number of alkyl halides is 3. The molecule has 0 saturated heterocycles. The Morgan fingerprint density at radius 1 is 1.09 bits per heavy atom. The van der Waals surface area contributed by atoms with E-state index in [0.29, 0.717) is 5.69 Å². The van der Waals surface area contributed by atoms with E-state index in [1.54, 1.807) is 0 Å². The number of benzene rings is 1. The number of aromatic nitrogens is 5. The molecule has 4 rings (SSSR count). The number of sulfone groups is 1. The standard InChI is InChI=1S/C21H15ClF4N6O2S/c1-11-5-18(21(24,25)26)31-32(11)19-15(12-6-14(9-27-8-12)35(2,33)34)10-28-20(30-19)29-13-3-4-17(23)16(22)7-13/h3-10H,1-2H3,(H,28,29,30). The fourth-order valence-electron chi connectivity index (χ4n) is 3.10. The molecule has 0 aliphatic carbocycles. The van der Waals surface area contributed by atoms with E-state index in [4.69, 9.17) is 11.6 Å². The van der Waals surface area contributed by atoms with Crippen molar-refractivity contribution in [1.29, 1.82) is 0 Å². The van der Waals surface area contributed by atoms with Crippen LogP contribution >= 0.6 is 11.6 Å². The molecule has 3 aromatic heterocycles. The fraction of sp³-hybridized carbons (Fsp3) is 0.143. The highest BCUT2D eigenvalue weighted by Crippen LogP contribution is 2.32. The number of anilines is 2. The Morgan fingerprint density at radius 3 is 2.46 bits per heavy atom. The minimum absolute atomic E-state index is 0.0536. The second-order valence-electron chi connectivity index (χ2n) is 7.45. The molecule has 1 aromatic carbocycles. The third kappa shape index (κ3) is 5.25. The van der Waals surface area contributed by atoms with Crippen molar-refractivity contribution in [3.8, 4) is 16.9 Å². The molecule has 1 N–H and O–H groups in total. The number of halogens is 5. The summed E-state index contributed by atoms with van der Waals surface area (Å²) in [6.45, 7) is 1.41. The van der Waals surface area contributed by atoms with Gasteiger partial charge in [0.25, 0.3) is 0 Å². The summed E-state index contributed by atoms with van der Waals surface area (Å²) in [7, 11) is -3.62. The molecule has 8 nitrogen and oxygen atoms in total. The Hall–Kier alpha value is -3.58. The van der Waals surface area contributed by atoms with E-state index in [1.165, 1.54) is 37.5 Å². The topological polar surface area (TPSA) is 103 Å². The first kappa shape index (κ1) is 24.5. The SMILES string of the molecule is Cc1cc(C(F)(F)F)nn1-c1nc(Nc2ccc(F)c(Cl)c2)ncc1-c1cncc(S(C)(=O)=O)c1. The third-order valence-electron chi connectivity index (χ3n) is 4.78. The minimum atomic E-state index is -4.70. The maximum absolute atomic E-state index is 13.5. The first-order valence-electron chi connectivity index (χ1n) is 9.72. The van der Waals surface area contributed by atoms with Gasteiger partial charge in [-0.15, -0.1) is 0 Å². The summed E-state index contributed by atoms with van der Waals surface area (Å²) in [6.07, 6.45) is 0.0567. The van der Waals surface area contributed by atoms with Gasteiger partial charge in [-0.25, -0.2) is 22.5 Å². The summed E-state index contributed by atoms with van der Waals surface area (Å²) < 4.78 is 78.3. The van der Waals surface area contributed by atoms with Crippen molar-refractivity contribution in [2.75, 3.05) is 11.6 Å². The van der Waals surface area contributed by atoms with E-state index in [2.05, 4.69) is 25.4 Å². The van der Waals surface area contributed by atoms with Gasteiger partial charge in [0.2, 0.25) is 5.95 Å². The predicted octanol–water partition coefficient (Wildman–Crippen LogP) is 4.99. The summed E-state index contributed by atoms with van der Waals surface area (Å²) in [5, 5.41) is 6.29. The first-order valence-corrected chi connectivity index (χ1v) is 12.0. The molecule has 0 bridgehead atoms. The minimum Gasteiger partial charge on any atom is -0.324 e. The van der Waals surface area contributed by atoms with Crippen molar-refractivity contribution < 1.29 is 26.0 Å². The highest BCUT2D eigenvalue weighted by molar-refractivity contribution is 7.90. The quantitative estimate of drug-likeness (QED) is 0.365. The van der Waals surface area contributed by atoms with Crippen LogP contribution < -0.4 is 5.32 Å². The highest BCUT2D eigenvalue weighted by atomic mass is 35.5. The lowest BCUT2D eigenvalue weighted by Crippen LogP contribution is -2.11. The summed E-state index contributed by atoms with van der Waals surface area (Å²) in [5.74, 6) is -0.766. The van der Waals surface area contributed by atoms with Crippen LogP contribution in [0.2, 0.25) is 5.02 Å². The molecule has 14 heteroatoms. The maximum atomic E-state index is 13.5. The van der Waals surface area contributed by atoms with E-state index >= 15 is 0 Å². The van der Waals surface area contributed by atoms with Gasteiger partial charge in [0, 0.05) is 47.4 Å². The van der Waals surface area contributed by atoms with Crippen molar-refractivity contribution >= 4 is 33.1 Å². The van der Waals surface area contributed by atoms with Crippen LogP contribution in [0.1, 0.15) is 11.4 Å². The van der Waals surface area contributed by atoms with Gasteiger partial charge in [0.1, 0.15) is 5.82 Å². The molecule has 0 unspecified atom stereocenters. The number of hydrogen-bond acceptors (Lipinski definition) is 7. The van der Waals surface area contributed by atoms with Crippen LogP contribution in [0, 0.1) is 12.7 Å². The largest absolute Gasteiger partial charge is 0.435 e. The Morgan fingerprint density at radius 2 is 1.83 bits per heavy atom. The van der Waals surface area contributed by atoms with E-state index in [9.17, 15) is 26.0 Å². The van der Waals surface area contributed by atoms with Gasteiger partial charge in [-0.3, -0.25) is 4.98 Å². The lowest BCUT2D eigenvalue weighted by Gasteiger charge is -2.13. The van der Waals surface area contributed by atoms with Crippen molar-refractivity contribution in [2.24, 2.45) is 0 Å². The molecular formula is C21H15ClF4N6O2S. The number of rotatable bonds is 5. The second kappa shape index (κ2) is 8.89. The monoisotopic (exact) mass is 526 g/mol. The predicted molar refractivity (Wildman–Crippen MR) is 120 cm³/mol. The highest BCUT2D eigenvalue weighted by Gasteiger charge is 2.35. The summed E-state index contributed by atoms with van der Waals surface area (Å²) in [5.41, 5.74) is -0.292. The van der Waals surface area contributed by atoms with Crippen LogP contribution in [0.15, 0.2) is 53.8 Å². The fourth-order valence-corrected chi connectivity index (χ4v) is 3.87. The molecule has 182 valence electrons. The van der Waals surface area contributed by atoms with Gasteiger partial charge in [0.05, 0.1) is 9.92 Å². The molecule has 0 amide bonds. The van der Waals surface area contributed by atoms with Crippen molar-refractivity contribution in [3.63, 3.8) is 0 Å². The van der Waals surface area contributed by atoms with Gasteiger partial charge in [0.15, 0.2) is 21.3 Å². The Labute approximate surface area is 201 Å². The Bertz CT molecular complexity index is 1540. The number of pyridine rings is 1. The molecule has 0 aliphatic heterocycles. The molecular weight excluding hydrogens is 512 g/mol. The average Bonchev–Trinajstić information content (AvgIpc) is 3.18. The van der Waals surface area contributed by atoms with Gasteiger partial charge in [-0.2, -0.15) is 23.3 Å². The van der Waals surface area contributed by atoms with Gasteiger partial charge >= 0.3 is 6.18 Å². The van der Waals surface area contributed by atoms with Gasteiger partial charge < -0.3 is 5.32 Å². The molecule has 4 aromatic rings. The van der Waals surface area contributed by atoms with Crippen LogP contribution in [0.3, 0.4) is 0 Å². The van der Waals surface area contributed by atoms with E-state index in [1.807, 2.05) is 0 Å². The van der Waals surface area contributed by atoms with Crippen LogP contribution in [-0.4, -0.2) is 39.4 Å². The first-order chi connectivity index (χ1) is 16.3. The zero-order valence-electron chi connectivity index (χ0n) is 18.0. The van der Waals surface area contributed by atoms with E-state index < -0.39 is 27.5 Å². The lowest BCUT2D eigenvalue weighted by atomic mass is 10.1. The molecule has 0 saturated carbocycles. The number of hydrogen-bond donors (Lipinski definition) is 1. The molecule has 0 atom stereocenters. The van der Waals surface area contributed by atoms with E-state index in [-0.39, 0.29) is 38.5 Å². The van der Waals surface area contributed by atoms with Crippen LogP contribution in [0.25, 0.3) is 16.9 Å². The molecule has 3 heterocycles. The molecule has 35 heavy (non-hydrogen) atoms. The van der Waals surface area contributed by atoms with Crippen molar-refractivity contribution in [2.45, 2.75) is 18.0 Å². The molecule has 0 radical (unpaired) electrons. The summed E-state index contributed by atoms with van der Waals surface area (Å²) in [4.78, 5) is 12.3. The third-order valence-corrected chi connectivity index (χ3v) is 6.14. The van der Waals surface area contributed by atoms with Crippen LogP contribution in [0.4, 0.5) is 29.2 Å². The number of nitrogens with zero attached hydrogens (tertiary/aromatic N) is 5. The Kier molecular flexibility index (Phi) is 6.23. The van der Waals surface area contributed by atoms with Crippen molar-refractivity contribution in [1.82, 2.24) is 24.7 Å². The number of aryl methyl sites for hydroxylation is 1. The average molecular weight is 527 g/mol. The lowest BCUT2D eigenvalue weighted by molar-refractivity contribution is -0.141. The zero-order valence-corrected chi connectivity index (χ0v) is 19.5. The van der Waals surface area contributed by atoms with Crippen molar-refractivity contribution in [3.05, 3.63) is 71.2 Å². The Balaban J connectivity index is 1.89. The van der Waals surface area contributed by atoms with E-state index in [0.717, 1.165) is 29.3 Å². The normalized spacial score (nSPS) is 12.1. The van der Waals surface area contributed by atoms with Gasteiger partial charge in [-0.05, 0) is 37.3 Å². The van der Waals surface area contributed by atoms with Crippen LogP contribution in [0.5, 0.6) is 0 Å². The molecule has 0 spiro atoms. The zero-order chi connectivity index (χ0) is 25.5. The maximum Gasteiger partial charge on any atom is 0.435 e. The number of nitrogens with one attached hydrogen (secondary N) is 1. The van der Waals surface area contributed by atoms with Gasteiger partial charge in [-0.1, -0.05) is 11.6 Å². The molecule has 0 fully saturated rings. The smallest absolute Gasteiger partial charge is 0.324 e. The summed E-state index contributed by atoms with van der Waals surface area (Å²) >= 11 is 5.80. The second-order valence-corrected chi connectivity index (χ2v) is 9.87.